The van der Waals surface area contributed by atoms with Crippen molar-refractivity contribution in [1.82, 2.24) is 14.8 Å². The number of halogens is 1. The van der Waals surface area contributed by atoms with Crippen molar-refractivity contribution in [1.29, 1.82) is 0 Å². The molecule has 0 unspecified atom stereocenters. The minimum Gasteiger partial charge on any atom is -0.342 e. The fourth-order valence-electron chi connectivity index (χ4n) is 5.13. The molecule has 1 aliphatic carbocycles. The van der Waals surface area contributed by atoms with Gasteiger partial charge < -0.3 is 9.80 Å². The molecule has 5 rings (SSSR count). The van der Waals surface area contributed by atoms with E-state index >= 15 is 0 Å². The van der Waals surface area contributed by atoms with Gasteiger partial charge >= 0.3 is 0 Å². The minimum absolute atomic E-state index is 0.103. The highest BCUT2D eigenvalue weighted by molar-refractivity contribution is 5.82. The maximum Gasteiger partial charge on any atom is 0.227 e. The largest absolute Gasteiger partial charge is 0.342 e. The molecule has 1 aromatic carbocycles. The highest BCUT2D eigenvalue weighted by Gasteiger charge is 2.49. The predicted octanol–water partition coefficient (Wildman–Crippen LogP) is 3.02. The third-order valence-corrected chi connectivity index (χ3v) is 6.87. The first-order valence-corrected chi connectivity index (χ1v) is 10.8. The topological polar surface area (TPSA) is 53.5 Å². The van der Waals surface area contributed by atoms with Crippen LogP contribution in [-0.4, -0.2) is 52.3 Å². The van der Waals surface area contributed by atoms with Crippen molar-refractivity contribution in [2.45, 2.75) is 37.6 Å². The Morgan fingerprint density at radius 2 is 1.87 bits per heavy atom. The lowest BCUT2D eigenvalue weighted by Crippen LogP contribution is -2.50. The smallest absolute Gasteiger partial charge is 0.227 e. The molecule has 2 aromatic rings. The third-order valence-electron chi connectivity index (χ3n) is 6.87. The first-order valence-electron chi connectivity index (χ1n) is 10.8. The van der Waals surface area contributed by atoms with Crippen LogP contribution in [0.4, 0.5) is 4.39 Å². The van der Waals surface area contributed by atoms with E-state index in [0.29, 0.717) is 26.1 Å². The highest BCUT2D eigenvalue weighted by atomic mass is 19.1. The van der Waals surface area contributed by atoms with Gasteiger partial charge in [-0.15, -0.1) is 0 Å². The summed E-state index contributed by atoms with van der Waals surface area (Å²) in [6.07, 6.45) is 6.57. The van der Waals surface area contributed by atoms with Crippen LogP contribution in [-0.2, 0) is 16.0 Å². The molecule has 1 aromatic heterocycles. The maximum absolute atomic E-state index is 13.5. The van der Waals surface area contributed by atoms with Gasteiger partial charge in [0.25, 0.3) is 0 Å². The zero-order chi connectivity index (χ0) is 20.7. The summed E-state index contributed by atoms with van der Waals surface area (Å²) in [6, 6.07) is 10.6. The van der Waals surface area contributed by atoms with E-state index < -0.39 is 0 Å². The average molecular weight is 407 g/mol. The van der Waals surface area contributed by atoms with Crippen LogP contribution in [0.15, 0.2) is 48.8 Å². The lowest BCUT2D eigenvalue weighted by Gasteiger charge is -2.39. The van der Waals surface area contributed by atoms with E-state index in [9.17, 15) is 14.0 Å². The van der Waals surface area contributed by atoms with Crippen molar-refractivity contribution < 1.29 is 14.0 Å². The molecule has 0 spiro atoms. The quantitative estimate of drug-likeness (QED) is 0.783. The Hall–Kier alpha value is -2.76. The minimum atomic E-state index is -0.254. The highest BCUT2D eigenvalue weighted by Crippen LogP contribution is 2.44. The number of benzene rings is 1. The van der Waals surface area contributed by atoms with Crippen LogP contribution in [0.5, 0.6) is 0 Å². The molecule has 156 valence electrons. The molecule has 30 heavy (non-hydrogen) atoms. The molecule has 0 N–H and O–H groups in total. The van der Waals surface area contributed by atoms with Gasteiger partial charge in [0.2, 0.25) is 11.8 Å². The molecule has 5 nitrogen and oxygen atoms in total. The van der Waals surface area contributed by atoms with Gasteiger partial charge in [0.15, 0.2) is 0 Å². The van der Waals surface area contributed by atoms with Crippen molar-refractivity contribution in [3.63, 3.8) is 0 Å². The van der Waals surface area contributed by atoms with Crippen LogP contribution in [0.1, 0.15) is 36.3 Å². The van der Waals surface area contributed by atoms with E-state index in [1.165, 1.54) is 12.1 Å². The number of carbonyl (C=O) groups excluding carboxylic acids is 2. The molecule has 2 amide bonds. The number of pyridine rings is 1. The Labute approximate surface area is 175 Å². The summed E-state index contributed by atoms with van der Waals surface area (Å²) >= 11 is 0. The Bertz CT molecular complexity index is 929. The van der Waals surface area contributed by atoms with Gasteiger partial charge in [-0.1, -0.05) is 18.2 Å². The Morgan fingerprint density at radius 3 is 2.57 bits per heavy atom. The summed E-state index contributed by atoms with van der Waals surface area (Å²) in [6.45, 7) is 1.98. The fourth-order valence-corrected chi connectivity index (χ4v) is 5.13. The van der Waals surface area contributed by atoms with E-state index in [4.69, 9.17) is 0 Å². The van der Waals surface area contributed by atoms with Gasteiger partial charge in [0.1, 0.15) is 5.82 Å². The lowest BCUT2D eigenvalue weighted by atomic mass is 9.81. The number of piperidine rings is 1. The molecule has 0 radical (unpaired) electrons. The number of fused-ring (bicyclic) bond motifs is 1. The lowest BCUT2D eigenvalue weighted by molar-refractivity contribution is -0.136. The van der Waals surface area contributed by atoms with Crippen LogP contribution in [0.3, 0.4) is 0 Å². The number of hydrogen-bond acceptors (Lipinski definition) is 3. The zero-order valence-electron chi connectivity index (χ0n) is 16.9. The van der Waals surface area contributed by atoms with Gasteiger partial charge in [0, 0.05) is 55.8 Å². The van der Waals surface area contributed by atoms with Crippen molar-refractivity contribution in [3.8, 4) is 0 Å². The van der Waals surface area contributed by atoms with Crippen LogP contribution in [0.2, 0.25) is 0 Å². The van der Waals surface area contributed by atoms with E-state index in [-0.39, 0.29) is 41.4 Å². The molecular formula is C24H26FN3O2. The maximum atomic E-state index is 13.5. The second kappa shape index (κ2) is 7.82. The Balaban J connectivity index is 1.36. The van der Waals surface area contributed by atoms with E-state index in [2.05, 4.69) is 9.88 Å². The second-order valence-electron chi connectivity index (χ2n) is 8.82. The normalized spacial score (nSPS) is 25.8. The average Bonchev–Trinajstić information content (AvgIpc) is 3.55. The summed E-state index contributed by atoms with van der Waals surface area (Å²) < 4.78 is 13.5. The number of carbonyl (C=O) groups is 2. The Morgan fingerprint density at radius 1 is 1.07 bits per heavy atom. The molecule has 0 bridgehead atoms. The molecular weight excluding hydrogens is 381 g/mol. The van der Waals surface area contributed by atoms with Gasteiger partial charge in [-0.3, -0.25) is 14.6 Å². The third kappa shape index (κ3) is 3.71. The van der Waals surface area contributed by atoms with Crippen LogP contribution in [0, 0.1) is 17.7 Å². The number of likely N-dealkylation sites (tertiary alicyclic amines) is 2. The van der Waals surface area contributed by atoms with E-state index in [1.807, 2.05) is 29.2 Å². The van der Waals surface area contributed by atoms with Crippen molar-refractivity contribution >= 4 is 11.8 Å². The first kappa shape index (κ1) is 19.2. The summed E-state index contributed by atoms with van der Waals surface area (Å²) in [5.41, 5.74) is 1.97. The van der Waals surface area contributed by atoms with Gasteiger partial charge in [-0.2, -0.15) is 0 Å². The van der Waals surface area contributed by atoms with E-state index in [0.717, 1.165) is 30.4 Å². The molecule has 1 saturated carbocycles. The molecule has 2 aliphatic heterocycles. The van der Waals surface area contributed by atoms with Gasteiger partial charge in [-0.25, -0.2) is 4.39 Å². The zero-order valence-corrected chi connectivity index (χ0v) is 16.9. The summed E-state index contributed by atoms with van der Waals surface area (Å²) in [5.74, 6) is 0.618. The monoisotopic (exact) mass is 407 g/mol. The SMILES string of the molecule is O=C(Cc1cccnc1)N1CC[C@@H]2[C@H](C1)[C@@H](c1ccc(F)cc1)CN2C(=O)C1CC1. The number of rotatable bonds is 4. The second-order valence-corrected chi connectivity index (χ2v) is 8.82. The number of nitrogens with zero attached hydrogens (tertiary/aromatic N) is 3. The van der Waals surface area contributed by atoms with Crippen molar-refractivity contribution in [3.05, 3.63) is 65.7 Å². The van der Waals surface area contributed by atoms with Gasteiger partial charge in [0.05, 0.1) is 6.42 Å². The summed E-state index contributed by atoms with van der Waals surface area (Å²) in [7, 11) is 0. The Kier molecular flexibility index (Phi) is 5.01. The standard InChI is InChI=1S/C24H26FN3O2/c25-19-7-5-17(6-8-19)20-15-28(24(30)18-3-4-18)22-9-11-27(14-21(20)22)23(29)12-16-2-1-10-26-13-16/h1-2,5-8,10,13,18,20-22H,3-4,9,11-12,14-15H2/t20-,21-,22-/m1/s1. The van der Waals surface area contributed by atoms with Crippen LogP contribution < -0.4 is 0 Å². The molecule has 6 heteroatoms. The van der Waals surface area contributed by atoms with E-state index in [1.54, 1.807) is 12.4 Å². The number of amides is 2. The van der Waals surface area contributed by atoms with Crippen molar-refractivity contribution in [2.75, 3.05) is 19.6 Å². The van der Waals surface area contributed by atoms with Crippen molar-refractivity contribution in [2.24, 2.45) is 11.8 Å². The molecule has 2 saturated heterocycles. The predicted molar refractivity (Wildman–Crippen MR) is 110 cm³/mol. The van der Waals surface area contributed by atoms with Crippen LogP contribution >= 0.6 is 0 Å². The van der Waals surface area contributed by atoms with Crippen LogP contribution in [0.25, 0.3) is 0 Å². The van der Waals surface area contributed by atoms with Gasteiger partial charge in [-0.05, 0) is 48.6 Å². The fraction of sp³-hybridized carbons (Fsp3) is 0.458. The summed E-state index contributed by atoms with van der Waals surface area (Å²) in [4.78, 5) is 34.0. The molecule has 3 atom stereocenters. The molecule has 3 heterocycles. The summed E-state index contributed by atoms with van der Waals surface area (Å²) in [5, 5.41) is 0. The molecule has 3 aliphatic rings. The molecule has 3 fully saturated rings. The number of aromatic nitrogens is 1. The first-order chi connectivity index (χ1) is 14.6. The number of hydrogen-bond donors (Lipinski definition) is 0.